The lowest BCUT2D eigenvalue weighted by molar-refractivity contribution is 0.0281. The van der Waals surface area contributed by atoms with Crippen molar-refractivity contribution in [3.8, 4) is 0 Å². The Morgan fingerprint density at radius 2 is 1.84 bits per heavy atom. The molecule has 0 heterocycles. The van der Waals surface area contributed by atoms with Crippen molar-refractivity contribution in [3.05, 3.63) is 0 Å². The second kappa shape index (κ2) is 11.0. The molecule has 148 valence electrons. The van der Waals surface area contributed by atoms with Gasteiger partial charge < -0.3 is 15.4 Å². The number of hydrogen-bond donors (Lipinski definition) is 2. The van der Waals surface area contributed by atoms with Gasteiger partial charge in [-0.25, -0.2) is 8.42 Å². The zero-order chi connectivity index (χ0) is 18.8. The number of sulfone groups is 1. The summed E-state index contributed by atoms with van der Waals surface area (Å²) in [5.74, 6) is 0.774. The first kappa shape index (κ1) is 22.2. The van der Waals surface area contributed by atoms with E-state index in [0.29, 0.717) is 25.2 Å². The lowest BCUT2D eigenvalue weighted by Gasteiger charge is -2.21. The molecular formula is C18H37N3O3S. The molecular weight excluding hydrogens is 338 g/mol. The molecule has 7 heteroatoms. The van der Waals surface area contributed by atoms with E-state index in [4.69, 9.17) is 4.74 Å². The minimum absolute atomic E-state index is 0.103. The number of nitrogens with zero attached hydrogens (tertiary/aromatic N) is 1. The SMILES string of the molecule is CCNC(=NCCCOC1CCCCC1)NCCS(=O)(=O)C(C)(C)C. The molecule has 1 fully saturated rings. The molecule has 6 nitrogen and oxygen atoms in total. The van der Waals surface area contributed by atoms with Crippen molar-refractivity contribution >= 4 is 15.8 Å². The van der Waals surface area contributed by atoms with Crippen LogP contribution in [0.4, 0.5) is 0 Å². The predicted octanol–water partition coefficient (Wildman–Crippen LogP) is 2.49. The maximum atomic E-state index is 12.1. The van der Waals surface area contributed by atoms with Gasteiger partial charge in [0, 0.05) is 26.2 Å². The van der Waals surface area contributed by atoms with Crippen molar-refractivity contribution in [1.29, 1.82) is 0 Å². The molecule has 25 heavy (non-hydrogen) atoms. The van der Waals surface area contributed by atoms with Crippen LogP contribution in [0.1, 0.15) is 66.2 Å². The summed E-state index contributed by atoms with van der Waals surface area (Å²) in [7, 11) is -3.12. The molecule has 0 amide bonds. The quantitative estimate of drug-likeness (QED) is 0.368. The van der Waals surface area contributed by atoms with E-state index in [1.807, 2.05) is 6.92 Å². The molecule has 1 rings (SSSR count). The summed E-state index contributed by atoms with van der Waals surface area (Å²) >= 11 is 0. The fourth-order valence-electron chi connectivity index (χ4n) is 2.69. The molecule has 0 saturated heterocycles. The number of hydrogen-bond acceptors (Lipinski definition) is 4. The van der Waals surface area contributed by atoms with Gasteiger partial charge in [0.15, 0.2) is 15.8 Å². The van der Waals surface area contributed by atoms with E-state index in [-0.39, 0.29) is 5.75 Å². The summed E-state index contributed by atoms with van der Waals surface area (Å²) in [6, 6.07) is 0. The van der Waals surface area contributed by atoms with Gasteiger partial charge in [-0.2, -0.15) is 0 Å². The number of guanidine groups is 1. The van der Waals surface area contributed by atoms with Gasteiger partial charge in [0.05, 0.1) is 16.6 Å². The molecule has 0 aliphatic heterocycles. The Balaban J connectivity index is 2.28. The maximum Gasteiger partial charge on any atom is 0.191 e. The van der Waals surface area contributed by atoms with Gasteiger partial charge in [-0.3, -0.25) is 4.99 Å². The molecule has 0 aromatic heterocycles. The Morgan fingerprint density at radius 3 is 2.44 bits per heavy atom. The smallest absolute Gasteiger partial charge is 0.191 e. The van der Waals surface area contributed by atoms with Crippen molar-refractivity contribution in [2.45, 2.75) is 77.1 Å². The van der Waals surface area contributed by atoms with E-state index in [9.17, 15) is 8.42 Å². The molecule has 1 aliphatic rings. The second-order valence-electron chi connectivity index (χ2n) is 7.60. The van der Waals surface area contributed by atoms with E-state index in [1.54, 1.807) is 20.8 Å². The summed E-state index contributed by atoms with van der Waals surface area (Å²) in [6.07, 6.45) is 7.61. The molecule has 0 aromatic carbocycles. The molecule has 1 aliphatic carbocycles. The molecule has 0 aromatic rings. The number of rotatable bonds is 9. The molecule has 0 spiro atoms. The topological polar surface area (TPSA) is 79.8 Å². The maximum absolute atomic E-state index is 12.1. The fraction of sp³-hybridized carbons (Fsp3) is 0.944. The normalized spacial score (nSPS) is 17.5. The highest BCUT2D eigenvalue weighted by Crippen LogP contribution is 2.20. The highest BCUT2D eigenvalue weighted by Gasteiger charge is 2.28. The van der Waals surface area contributed by atoms with Gasteiger partial charge in [0.1, 0.15) is 0 Å². The highest BCUT2D eigenvalue weighted by molar-refractivity contribution is 7.92. The van der Waals surface area contributed by atoms with Crippen molar-refractivity contribution in [3.63, 3.8) is 0 Å². The van der Waals surface area contributed by atoms with Crippen LogP contribution in [0.25, 0.3) is 0 Å². The molecule has 2 N–H and O–H groups in total. The van der Waals surface area contributed by atoms with E-state index >= 15 is 0 Å². The monoisotopic (exact) mass is 375 g/mol. The van der Waals surface area contributed by atoms with Crippen LogP contribution in [-0.2, 0) is 14.6 Å². The van der Waals surface area contributed by atoms with Crippen molar-refractivity contribution in [2.24, 2.45) is 4.99 Å². The van der Waals surface area contributed by atoms with Crippen molar-refractivity contribution < 1.29 is 13.2 Å². The lowest BCUT2D eigenvalue weighted by atomic mass is 9.98. The van der Waals surface area contributed by atoms with Crippen LogP contribution in [0, 0.1) is 0 Å². The zero-order valence-corrected chi connectivity index (χ0v) is 17.3. The number of ether oxygens (including phenoxy) is 1. The minimum Gasteiger partial charge on any atom is -0.378 e. The molecule has 1 saturated carbocycles. The fourth-order valence-corrected chi connectivity index (χ4v) is 3.67. The Morgan fingerprint density at radius 1 is 1.16 bits per heavy atom. The van der Waals surface area contributed by atoms with Gasteiger partial charge >= 0.3 is 0 Å². The molecule has 0 unspecified atom stereocenters. The van der Waals surface area contributed by atoms with Gasteiger partial charge in [-0.1, -0.05) is 19.3 Å². The van der Waals surface area contributed by atoms with Crippen LogP contribution in [0.15, 0.2) is 4.99 Å². The third-order valence-corrected chi connectivity index (χ3v) is 7.03. The first-order valence-electron chi connectivity index (χ1n) is 9.62. The number of aliphatic imine (C=N–C) groups is 1. The van der Waals surface area contributed by atoms with Crippen LogP contribution in [0.3, 0.4) is 0 Å². The second-order valence-corrected chi connectivity index (χ2v) is 10.5. The van der Waals surface area contributed by atoms with E-state index in [1.165, 1.54) is 32.1 Å². The van der Waals surface area contributed by atoms with Crippen LogP contribution < -0.4 is 10.6 Å². The lowest BCUT2D eigenvalue weighted by Crippen LogP contribution is -2.42. The van der Waals surface area contributed by atoms with Gasteiger partial charge in [0.2, 0.25) is 0 Å². The molecule has 0 radical (unpaired) electrons. The van der Waals surface area contributed by atoms with E-state index in [2.05, 4.69) is 15.6 Å². The van der Waals surface area contributed by atoms with E-state index in [0.717, 1.165) is 19.6 Å². The summed E-state index contributed by atoms with van der Waals surface area (Å²) in [5, 5.41) is 6.26. The van der Waals surface area contributed by atoms with E-state index < -0.39 is 14.6 Å². The average molecular weight is 376 g/mol. The first-order valence-corrected chi connectivity index (χ1v) is 11.3. The Hall–Kier alpha value is -0.820. The van der Waals surface area contributed by atoms with Crippen molar-refractivity contribution in [2.75, 3.05) is 32.0 Å². The summed E-state index contributed by atoms with van der Waals surface area (Å²) in [6.45, 7) is 9.71. The third kappa shape index (κ3) is 8.90. The first-order chi connectivity index (χ1) is 11.8. The van der Waals surface area contributed by atoms with Crippen LogP contribution in [0.5, 0.6) is 0 Å². The highest BCUT2D eigenvalue weighted by atomic mass is 32.2. The minimum atomic E-state index is -3.12. The van der Waals surface area contributed by atoms with Gasteiger partial charge in [-0.05, 0) is 47.0 Å². The third-order valence-electron chi connectivity index (χ3n) is 4.42. The summed E-state index contributed by atoms with van der Waals surface area (Å²) in [5.41, 5.74) is 0. The number of nitrogens with one attached hydrogen (secondary N) is 2. The predicted molar refractivity (Wildman–Crippen MR) is 105 cm³/mol. The van der Waals surface area contributed by atoms with Crippen LogP contribution in [0.2, 0.25) is 0 Å². The van der Waals surface area contributed by atoms with Gasteiger partial charge in [-0.15, -0.1) is 0 Å². The van der Waals surface area contributed by atoms with Crippen LogP contribution in [-0.4, -0.2) is 57.2 Å². The largest absolute Gasteiger partial charge is 0.378 e. The molecule has 0 atom stereocenters. The Bertz CT molecular complexity index is 492. The zero-order valence-electron chi connectivity index (χ0n) is 16.4. The summed E-state index contributed by atoms with van der Waals surface area (Å²) < 4.78 is 29.4. The standard InChI is InChI=1S/C18H37N3O3S/c1-5-19-17(21-13-15-25(22,23)18(2,3)4)20-12-9-14-24-16-10-7-6-8-11-16/h16H,5-15H2,1-4H3,(H2,19,20,21). The summed E-state index contributed by atoms with van der Waals surface area (Å²) in [4.78, 5) is 4.50. The molecule has 0 bridgehead atoms. The Kier molecular flexibility index (Phi) is 9.79. The van der Waals surface area contributed by atoms with Gasteiger partial charge in [0.25, 0.3) is 0 Å². The average Bonchev–Trinajstić information content (AvgIpc) is 2.54. The Labute approximate surface area is 154 Å². The van der Waals surface area contributed by atoms with Crippen molar-refractivity contribution in [1.82, 2.24) is 10.6 Å². The van der Waals surface area contributed by atoms with Crippen LogP contribution >= 0.6 is 0 Å².